The minimum atomic E-state index is -0.350. The monoisotopic (exact) mass is 217 g/mol. The van der Waals surface area contributed by atoms with Gasteiger partial charge in [-0.15, -0.1) is 0 Å². The molecule has 3 heteroatoms. The Bertz CT molecular complexity index is 389. The molecule has 2 N–H and O–H groups in total. The predicted molar refractivity (Wildman–Crippen MR) is 62.6 cm³/mol. The second-order valence-corrected chi connectivity index (χ2v) is 3.42. The summed E-state index contributed by atoms with van der Waals surface area (Å²) in [6, 6.07) is 9.42. The fourth-order valence-electron chi connectivity index (χ4n) is 1.39. The van der Waals surface area contributed by atoms with Crippen molar-refractivity contribution >= 4 is 5.91 Å². The van der Waals surface area contributed by atoms with E-state index in [0.717, 1.165) is 5.56 Å². The summed E-state index contributed by atoms with van der Waals surface area (Å²) in [5.41, 5.74) is 1.08. The van der Waals surface area contributed by atoms with Gasteiger partial charge in [0.15, 0.2) is 0 Å². The highest BCUT2D eigenvalue weighted by molar-refractivity contribution is 5.93. The Kier molecular flexibility index (Phi) is 5.10. The van der Waals surface area contributed by atoms with Crippen molar-refractivity contribution in [2.75, 3.05) is 6.61 Å². The van der Waals surface area contributed by atoms with E-state index in [1.807, 2.05) is 30.3 Å². The highest BCUT2D eigenvalue weighted by atomic mass is 16.3. The van der Waals surface area contributed by atoms with E-state index in [0.29, 0.717) is 6.42 Å². The van der Waals surface area contributed by atoms with Crippen LogP contribution in [0.15, 0.2) is 30.3 Å². The second kappa shape index (κ2) is 6.65. The molecule has 0 aliphatic carbocycles. The summed E-state index contributed by atoms with van der Waals surface area (Å²) in [4.78, 5) is 11.2. The van der Waals surface area contributed by atoms with E-state index in [1.54, 1.807) is 6.92 Å². The third kappa shape index (κ3) is 4.16. The highest BCUT2D eigenvalue weighted by Gasteiger charge is 2.10. The lowest BCUT2D eigenvalue weighted by atomic mass is 10.1. The Labute approximate surface area is 95.5 Å². The number of hydrogen-bond acceptors (Lipinski definition) is 2. The maximum atomic E-state index is 11.2. The number of benzene rings is 1. The van der Waals surface area contributed by atoms with Crippen LogP contribution >= 0.6 is 0 Å². The van der Waals surface area contributed by atoms with Crippen molar-refractivity contribution in [2.45, 2.75) is 19.4 Å². The summed E-state index contributed by atoms with van der Waals surface area (Å²) in [6.45, 7) is 1.51. The number of carbonyl (C=O) groups is 1. The Morgan fingerprint density at radius 1 is 1.44 bits per heavy atom. The summed E-state index contributed by atoms with van der Waals surface area (Å²) < 4.78 is 0. The number of aliphatic hydroxyl groups excluding tert-OH is 1. The van der Waals surface area contributed by atoms with Gasteiger partial charge in [-0.05, 0) is 24.8 Å². The summed E-state index contributed by atoms with van der Waals surface area (Å²) in [5.74, 6) is 4.55. The first-order chi connectivity index (χ1) is 7.76. The fraction of sp³-hybridized carbons (Fsp3) is 0.308. The van der Waals surface area contributed by atoms with Crippen LogP contribution in [0.2, 0.25) is 0 Å². The molecule has 1 amide bonds. The van der Waals surface area contributed by atoms with Crippen molar-refractivity contribution in [1.29, 1.82) is 0 Å². The largest absolute Gasteiger partial charge is 0.394 e. The quantitative estimate of drug-likeness (QED) is 0.730. The van der Waals surface area contributed by atoms with Crippen molar-refractivity contribution < 1.29 is 9.90 Å². The van der Waals surface area contributed by atoms with Gasteiger partial charge >= 0.3 is 0 Å². The predicted octanol–water partition coefficient (Wildman–Crippen LogP) is 0.729. The molecular weight excluding hydrogens is 202 g/mol. The lowest BCUT2D eigenvalue weighted by Gasteiger charge is -2.14. The SMILES string of the molecule is CC#CC(=O)N[C@H](CO)Cc1ccccc1. The van der Waals surface area contributed by atoms with Crippen molar-refractivity contribution in [2.24, 2.45) is 0 Å². The first-order valence-corrected chi connectivity index (χ1v) is 5.14. The van der Waals surface area contributed by atoms with Gasteiger partial charge in [-0.2, -0.15) is 0 Å². The molecule has 0 fully saturated rings. The van der Waals surface area contributed by atoms with Gasteiger partial charge in [0.25, 0.3) is 5.91 Å². The van der Waals surface area contributed by atoms with Crippen LogP contribution < -0.4 is 5.32 Å². The van der Waals surface area contributed by atoms with Gasteiger partial charge in [-0.1, -0.05) is 36.3 Å². The van der Waals surface area contributed by atoms with Gasteiger partial charge in [0.2, 0.25) is 0 Å². The molecule has 3 nitrogen and oxygen atoms in total. The van der Waals surface area contributed by atoms with Crippen LogP contribution in [0.25, 0.3) is 0 Å². The molecule has 1 rings (SSSR count). The lowest BCUT2D eigenvalue weighted by molar-refractivity contribution is -0.116. The van der Waals surface area contributed by atoms with Crippen molar-refractivity contribution in [3.05, 3.63) is 35.9 Å². The zero-order valence-corrected chi connectivity index (χ0v) is 9.23. The van der Waals surface area contributed by atoms with Crippen LogP contribution in [0.5, 0.6) is 0 Å². The number of hydrogen-bond donors (Lipinski definition) is 2. The van der Waals surface area contributed by atoms with Crippen LogP contribution in [0.4, 0.5) is 0 Å². The first kappa shape index (κ1) is 12.3. The van der Waals surface area contributed by atoms with E-state index < -0.39 is 0 Å². The molecule has 1 aromatic carbocycles. The maximum Gasteiger partial charge on any atom is 0.296 e. The van der Waals surface area contributed by atoms with E-state index in [9.17, 15) is 4.79 Å². The molecule has 0 unspecified atom stereocenters. The standard InChI is InChI=1S/C13H15NO2/c1-2-6-13(16)14-12(10-15)9-11-7-4-3-5-8-11/h3-5,7-8,12,15H,9-10H2,1H3,(H,14,16)/t12-/m0/s1. The lowest BCUT2D eigenvalue weighted by Crippen LogP contribution is -2.38. The molecule has 0 spiro atoms. The van der Waals surface area contributed by atoms with Gasteiger partial charge in [0.1, 0.15) is 0 Å². The third-order valence-electron chi connectivity index (χ3n) is 2.12. The number of aliphatic hydroxyl groups is 1. The smallest absolute Gasteiger partial charge is 0.296 e. The minimum Gasteiger partial charge on any atom is -0.394 e. The Hall–Kier alpha value is -1.79. The molecule has 84 valence electrons. The molecular formula is C13H15NO2. The summed E-state index contributed by atoms with van der Waals surface area (Å²) in [5, 5.41) is 11.8. The molecule has 0 bridgehead atoms. The summed E-state index contributed by atoms with van der Waals surface area (Å²) >= 11 is 0. The van der Waals surface area contributed by atoms with Gasteiger partial charge in [0, 0.05) is 0 Å². The summed E-state index contributed by atoms with van der Waals surface area (Å²) in [7, 11) is 0. The molecule has 0 heterocycles. The average molecular weight is 217 g/mol. The molecule has 0 aliphatic rings. The third-order valence-corrected chi connectivity index (χ3v) is 2.12. The topological polar surface area (TPSA) is 49.3 Å². The highest BCUT2D eigenvalue weighted by Crippen LogP contribution is 2.02. The number of amides is 1. The van der Waals surface area contributed by atoms with Crippen LogP contribution in [0.3, 0.4) is 0 Å². The molecule has 0 radical (unpaired) electrons. The van der Waals surface area contributed by atoms with Gasteiger partial charge in [-0.25, -0.2) is 0 Å². The molecule has 1 aromatic rings. The van der Waals surface area contributed by atoms with E-state index in [1.165, 1.54) is 0 Å². The van der Waals surface area contributed by atoms with Gasteiger partial charge in [-0.3, -0.25) is 4.79 Å². The number of rotatable bonds is 4. The Balaban J connectivity index is 2.55. The van der Waals surface area contributed by atoms with Crippen LogP contribution in [0, 0.1) is 11.8 Å². The van der Waals surface area contributed by atoms with Crippen molar-refractivity contribution in [3.8, 4) is 11.8 Å². The molecule has 0 saturated carbocycles. The Morgan fingerprint density at radius 3 is 2.69 bits per heavy atom. The van der Waals surface area contributed by atoms with Crippen LogP contribution in [-0.4, -0.2) is 23.7 Å². The van der Waals surface area contributed by atoms with Gasteiger partial charge in [0.05, 0.1) is 12.6 Å². The van der Waals surface area contributed by atoms with Crippen LogP contribution in [-0.2, 0) is 11.2 Å². The first-order valence-electron chi connectivity index (χ1n) is 5.14. The zero-order valence-electron chi connectivity index (χ0n) is 9.23. The number of nitrogens with one attached hydrogen (secondary N) is 1. The molecule has 16 heavy (non-hydrogen) atoms. The van der Waals surface area contributed by atoms with E-state index in [-0.39, 0.29) is 18.6 Å². The summed E-state index contributed by atoms with van der Waals surface area (Å²) in [6.07, 6.45) is 0.606. The minimum absolute atomic E-state index is 0.0912. The number of carbonyl (C=O) groups excluding carboxylic acids is 1. The molecule has 1 atom stereocenters. The maximum absolute atomic E-state index is 11.2. The van der Waals surface area contributed by atoms with Gasteiger partial charge < -0.3 is 10.4 Å². The van der Waals surface area contributed by atoms with Crippen LogP contribution in [0.1, 0.15) is 12.5 Å². The van der Waals surface area contributed by atoms with E-state index >= 15 is 0 Å². The fourth-order valence-corrected chi connectivity index (χ4v) is 1.39. The van der Waals surface area contributed by atoms with Crippen molar-refractivity contribution in [3.63, 3.8) is 0 Å². The average Bonchev–Trinajstić information content (AvgIpc) is 2.30. The normalized spacial score (nSPS) is 11.1. The zero-order chi connectivity index (χ0) is 11.8. The molecule has 0 saturated heterocycles. The molecule has 0 aliphatic heterocycles. The van der Waals surface area contributed by atoms with E-state index in [2.05, 4.69) is 17.2 Å². The Morgan fingerprint density at radius 2 is 2.12 bits per heavy atom. The molecule has 0 aromatic heterocycles. The second-order valence-electron chi connectivity index (χ2n) is 3.42. The van der Waals surface area contributed by atoms with Crippen molar-refractivity contribution in [1.82, 2.24) is 5.32 Å². The van der Waals surface area contributed by atoms with E-state index in [4.69, 9.17) is 5.11 Å².